The molecule has 24 heavy (non-hydrogen) atoms. The van der Waals surface area contributed by atoms with Crippen LogP contribution in [-0.2, 0) is 9.53 Å². The lowest BCUT2D eigenvalue weighted by atomic mass is 10.1. The van der Waals surface area contributed by atoms with E-state index in [9.17, 15) is 4.79 Å². The van der Waals surface area contributed by atoms with E-state index in [0.717, 1.165) is 47.6 Å². The molecule has 1 fully saturated rings. The minimum absolute atomic E-state index is 0.145. The molecule has 0 radical (unpaired) electrons. The van der Waals surface area contributed by atoms with Gasteiger partial charge in [-0.3, -0.25) is 9.69 Å². The highest BCUT2D eigenvalue weighted by atomic mass is 32.1. The number of anilines is 1. The lowest BCUT2D eigenvalue weighted by Gasteiger charge is -2.23. The van der Waals surface area contributed by atoms with Gasteiger partial charge in [0, 0.05) is 13.0 Å². The molecular formula is C19H26N2O2S. The third-order valence-corrected chi connectivity index (χ3v) is 5.72. The van der Waals surface area contributed by atoms with Gasteiger partial charge in [0.1, 0.15) is 0 Å². The van der Waals surface area contributed by atoms with E-state index in [-0.39, 0.29) is 12.0 Å². The standard InChI is InChI=1S/C19H26N2O2S/c1-4-5-8-18(22)21(12-15-7-6-9-23-15)19-20-16-10-13(2)14(3)11-17(16)24-19/h10-11,15H,4-9,12H2,1-3H3. The molecule has 2 aromatic rings. The average molecular weight is 346 g/mol. The molecule has 1 amide bonds. The Morgan fingerprint density at radius 2 is 2.17 bits per heavy atom. The Morgan fingerprint density at radius 3 is 2.88 bits per heavy atom. The second-order valence-corrected chi connectivity index (χ2v) is 7.65. The van der Waals surface area contributed by atoms with Gasteiger partial charge in [-0.05, 0) is 56.4 Å². The quantitative estimate of drug-likeness (QED) is 0.767. The molecule has 2 heterocycles. The molecule has 0 bridgehead atoms. The zero-order valence-corrected chi connectivity index (χ0v) is 15.6. The Hall–Kier alpha value is -1.46. The number of thiazole rings is 1. The fraction of sp³-hybridized carbons (Fsp3) is 0.579. The van der Waals surface area contributed by atoms with Crippen LogP contribution in [0.15, 0.2) is 12.1 Å². The van der Waals surface area contributed by atoms with E-state index in [0.29, 0.717) is 13.0 Å². The summed E-state index contributed by atoms with van der Waals surface area (Å²) in [6.07, 6.45) is 4.78. The van der Waals surface area contributed by atoms with Crippen molar-refractivity contribution in [3.05, 3.63) is 23.3 Å². The van der Waals surface area contributed by atoms with Gasteiger partial charge in [0.15, 0.2) is 5.13 Å². The zero-order valence-electron chi connectivity index (χ0n) is 14.8. The predicted molar refractivity (Wildman–Crippen MR) is 99.9 cm³/mol. The van der Waals surface area contributed by atoms with E-state index in [4.69, 9.17) is 9.72 Å². The summed E-state index contributed by atoms with van der Waals surface area (Å²) in [7, 11) is 0. The highest BCUT2D eigenvalue weighted by Gasteiger charge is 2.25. The topological polar surface area (TPSA) is 42.4 Å². The Morgan fingerprint density at radius 1 is 1.38 bits per heavy atom. The number of amides is 1. The Bertz CT molecular complexity index is 680. The summed E-state index contributed by atoms with van der Waals surface area (Å²) in [5.74, 6) is 0.167. The first-order valence-corrected chi connectivity index (χ1v) is 9.70. The molecule has 1 aliphatic heterocycles. The number of aryl methyl sites for hydroxylation is 2. The number of ether oxygens (including phenoxy) is 1. The number of unbranched alkanes of at least 4 members (excludes halogenated alkanes) is 1. The second-order valence-electron chi connectivity index (χ2n) is 6.64. The molecule has 0 saturated carbocycles. The monoisotopic (exact) mass is 346 g/mol. The van der Waals surface area contributed by atoms with E-state index in [1.165, 1.54) is 11.1 Å². The van der Waals surface area contributed by atoms with Crippen LogP contribution in [0, 0.1) is 13.8 Å². The van der Waals surface area contributed by atoms with Crippen molar-refractivity contribution in [2.45, 2.75) is 59.0 Å². The smallest absolute Gasteiger partial charge is 0.228 e. The van der Waals surface area contributed by atoms with Crippen LogP contribution in [0.1, 0.15) is 50.2 Å². The third kappa shape index (κ3) is 3.78. The van der Waals surface area contributed by atoms with Crippen molar-refractivity contribution in [1.29, 1.82) is 0 Å². The first-order chi connectivity index (χ1) is 11.6. The maximum Gasteiger partial charge on any atom is 0.228 e. The molecule has 0 spiro atoms. The van der Waals surface area contributed by atoms with Crippen molar-refractivity contribution < 1.29 is 9.53 Å². The van der Waals surface area contributed by atoms with Gasteiger partial charge >= 0.3 is 0 Å². The van der Waals surface area contributed by atoms with Crippen molar-refractivity contribution in [1.82, 2.24) is 4.98 Å². The number of hydrogen-bond acceptors (Lipinski definition) is 4. The van der Waals surface area contributed by atoms with Crippen molar-refractivity contribution in [3.63, 3.8) is 0 Å². The van der Waals surface area contributed by atoms with Crippen LogP contribution in [0.2, 0.25) is 0 Å². The summed E-state index contributed by atoms with van der Waals surface area (Å²) in [6.45, 7) is 7.76. The highest BCUT2D eigenvalue weighted by molar-refractivity contribution is 7.22. The van der Waals surface area contributed by atoms with Crippen molar-refractivity contribution in [2.24, 2.45) is 0 Å². The summed E-state index contributed by atoms with van der Waals surface area (Å²) in [4.78, 5) is 19.4. The lowest BCUT2D eigenvalue weighted by Crippen LogP contribution is -2.37. The number of hydrogen-bond donors (Lipinski definition) is 0. The molecule has 3 rings (SSSR count). The van der Waals surface area contributed by atoms with Crippen LogP contribution >= 0.6 is 11.3 Å². The molecule has 1 unspecified atom stereocenters. The summed E-state index contributed by atoms with van der Waals surface area (Å²) >= 11 is 1.61. The number of carbonyl (C=O) groups excluding carboxylic acids is 1. The van der Waals surface area contributed by atoms with Crippen LogP contribution in [-0.4, -0.2) is 30.1 Å². The summed E-state index contributed by atoms with van der Waals surface area (Å²) in [5.41, 5.74) is 3.49. The maximum atomic E-state index is 12.7. The van der Waals surface area contributed by atoms with Gasteiger partial charge in [0.05, 0.1) is 22.9 Å². The lowest BCUT2D eigenvalue weighted by molar-refractivity contribution is -0.119. The Balaban J connectivity index is 1.89. The van der Waals surface area contributed by atoms with E-state index in [1.54, 1.807) is 11.3 Å². The molecule has 1 aromatic carbocycles. The first kappa shape index (κ1) is 17.4. The van der Waals surface area contributed by atoms with Gasteiger partial charge < -0.3 is 4.74 Å². The van der Waals surface area contributed by atoms with Crippen LogP contribution in [0.5, 0.6) is 0 Å². The van der Waals surface area contributed by atoms with Gasteiger partial charge in [-0.1, -0.05) is 24.7 Å². The largest absolute Gasteiger partial charge is 0.376 e. The molecule has 5 heteroatoms. The van der Waals surface area contributed by atoms with E-state index in [1.807, 2.05) is 4.90 Å². The molecule has 4 nitrogen and oxygen atoms in total. The Kier molecular flexibility index (Phi) is 5.51. The minimum Gasteiger partial charge on any atom is -0.376 e. The van der Waals surface area contributed by atoms with Gasteiger partial charge in [0.25, 0.3) is 0 Å². The van der Waals surface area contributed by atoms with Crippen molar-refractivity contribution >= 4 is 32.6 Å². The van der Waals surface area contributed by atoms with Gasteiger partial charge in [0.2, 0.25) is 5.91 Å². The summed E-state index contributed by atoms with van der Waals surface area (Å²) < 4.78 is 6.90. The number of fused-ring (bicyclic) bond motifs is 1. The maximum absolute atomic E-state index is 12.7. The fourth-order valence-electron chi connectivity index (χ4n) is 3.02. The number of nitrogens with zero attached hydrogens (tertiary/aromatic N) is 2. The molecule has 1 aromatic heterocycles. The highest BCUT2D eigenvalue weighted by Crippen LogP contribution is 2.32. The summed E-state index contributed by atoms with van der Waals surface area (Å²) in [6, 6.07) is 4.29. The third-order valence-electron chi connectivity index (χ3n) is 4.68. The molecule has 1 aliphatic rings. The number of benzene rings is 1. The normalized spacial score (nSPS) is 17.5. The fourth-order valence-corrected chi connectivity index (χ4v) is 4.10. The Labute approximate surface area is 147 Å². The van der Waals surface area contributed by atoms with E-state index in [2.05, 4.69) is 32.9 Å². The molecule has 130 valence electrons. The molecule has 0 N–H and O–H groups in total. The van der Waals surface area contributed by atoms with Crippen LogP contribution < -0.4 is 4.90 Å². The van der Waals surface area contributed by atoms with E-state index >= 15 is 0 Å². The van der Waals surface area contributed by atoms with Gasteiger partial charge in [-0.15, -0.1) is 0 Å². The molecule has 1 atom stereocenters. The molecule has 1 saturated heterocycles. The zero-order chi connectivity index (χ0) is 17.1. The minimum atomic E-state index is 0.145. The SMILES string of the molecule is CCCCC(=O)N(CC1CCCO1)c1nc2cc(C)c(C)cc2s1. The number of aromatic nitrogens is 1. The predicted octanol–water partition coefficient (Wildman–Crippen LogP) is 4.62. The van der Waals surface area contributed by atoms with Crippen LogP contribution in [0.25, 0.3) is 10.2 Å². The number of rotatable bonds is 6. The van der Waals surface area contributed by atoms with E-state index < -0.39 is 0 Å². The average Bonchev–Trinajstić information content (AvgIpc) is 3.20. The van der Waals surface area contributed by atoms with Gasteiger partial charge in [-0.2, -0.15) is 0 Å². The molecular weight excluding hydrogens is 320 g/mol. The van der Waals surface area contributed by atoms with Gasteiger partial charge in [-0.25, -0.2) is 4.98 Å². The second kappa shape index (κ2) is 7.62. The molecule has 0 aliphatic carbocycles. The van der Waals surface area contributed by atoms with Crippen molar-refractivity contribution in [3.8, 4) is 0 Å². The van der Waals surface area contributed by atoms with Crippen molar-refractivity contribution in [2.75, 3.05) is 18.1 Å². The van der Waals surface area contributed by atoms with Crippen LogP contribution in [0.3, 0.4) is 0 Å². The summed E-state index contributed by atoms with van der Waals surface area (Å²) in [5, 5.41) is 0.812. The van der Waals surface area contributed by atoms with Crippen LogP contribution in [0.4, 0.5) is 5.13 Å². The number of carbonyl (C=O) groups is 1. The first-order valence-electron chi connectivity index (χ1n) is 8.88.